The highest BCUT2D eigenvalue weighted by atomic mass is 16.5. The Bertz CT molecular complexity index is 862. The first kappa shape index (κ1) is 22.9. The smallest absolute Gasteiger partial charge is 0.346 e. The van der Waals surface area contributed by atoms with Gasteiger partial charge in [0.25, 0.3) is 0 Å². The Morgan fingerprint density at radius 1 is 1.11 bits per heavy atom. The molecule has 28 heavy (non-hydrogen) atoms. The van der Waals surface area contributed by atoms with Crippen molar-refractivity contribution in [3.63, 3.8) is 0 Å². The lowest BCUT2D eigenvalue weighted by Gasteiger charge is -2.39. The summed E-state index contributed by atoms with van der Waals surface area (Å²) in [5, 5.41) is 40.9. The molecule has 0 aliphatic rings. The normalized spacial score (nSPS) is 15.1. The lowest BCUT2D eigenvalue weighted by Crippen LogP contribution is -2.64. The van der Waals surface area contributed by atoms with E-state index in [1.54, 1.807) is 12.1 Å². The van der Waals surface area contributed by atoms with Crippen molar-refractivity contribution in [2.24, 2.45) is 5.92 Å². The molecular formula is C17H22N4O7. The molecule has 11 heteroatoms. The molecule has 11 nitrogen and oxygen atoms in total. The minimum atomic E-state index is -3.33. The molecule has 2 heterocycles. The van der Waals surface area contributed by atoms with Gasteiger partial charge in [0.05, 0.1) is 13.3 Å². The Kier molecular flexibility index (Phi) is 6.74. The van der Waals surface area contributed by atoms with Crippen molar-refractivity contribution in [2.45, 2.75) is 25.0 Å². The second-order valence-electron chi connectivity index (χ2n) is 6.07. The number of pyridine rings is 1. The van der Waals surface area contributed by atoms with Crippen molar-refractivity contribution in [3.8, 4) is 17.3 Å². The summed E-state index contributed by atoms with van der Waals surface area (Å²) in [5.74, 6) is -5.52. The number of hydrogen-bond donors (Lipinski definition) is 5. The van der Waals surface area contributed by atoms with Crippen LogP contribution in [0.15, 0.2) is 30.6 Å². The maximum atomic E-state index is 12.0. The summed E-state index contributed by atoms with van der Waals surface area (Å²) in [5.41, 5.74) is -6.89. The SMILES string of the molecule is COc1cnc(-c2ccccn2)nc1C(O)(C(=O)O)C(O)(C(=O)O)C(C)C.N. The van der Waals surface area contributed by atoms with Gasteiger partial charge in [0.15, 0.2) is 11.6 Å². The second kappa shape index (κ2) is 8.25. The van der Waals surface area contributed by atoms with E-state index in [1.165, 1.54) is 33.2 Å². The van der Waals surface area contributed by atoms with Crippen molar-refractivity contribution in [1.82, 2.24) is 21.1 Å². The third-order valence-electron chi connectivity index (χ3n) is 4.23. The van der Waals surface area contributed by atoms with Gasteiger partial charge in [0.1, 0.15) is 11.4 Å². The van der Waals surface area contributed by atoms with Gasteiger partial charge in [0, 0.05) is 6.20 Å². The Morgan fingerprint density at radius 2 is 1.75 bits per heavy atom. The Labute approximate surface area is 160 Å². The van der Waals surface area contributed by atoms with Gasteiger partial charge in [-0.25, -0.2) is 19.6 Å². The lowest BCUT2D eigenvalue weighted by atomic mass is 9.72. The van der Waals surface area contributed by atoms with Crippen LogP contribution in [-0.2, 0) is 15.2 Å². The molecule has 0 spiro atoms. The summed E-state index contributed by atoms with van der Waals surface area (Å²) in [6.45, 7) is 2.52. The summed E-state index contributed by atoms with van der Waals surface area (Å²) in [6.07, 6.45) is 2.52. The van der Waals surface area contributed by atoms with Crippen LogP contribution in [0.2, 0.25) is 0 Å². The zero-order chi connectivity index (χ0) is 20.4. The average Bonchev–Trinajstić information content (AvgIpc) is 2.66. The van der Waals surface area contributed by atoms with Crippen molar-refractivity contribution >= 4 is 11.9 Å². The third kappa shape index (κ3) is 3.38. The van der Waals surface area contributed by atoms with Crippen LogP contribution in [0.5, 0.6) is 5.75 Å². The number of carboxylic acid groups (broad SMARTS) is 2. The molecule has 0 aromatic carbocycles. The van der Waals surface area contributed by atoms with Crippen molar-refractivity contribution in [3.05, 3.63) is 36.3 Å². The van der Waals surface area contributed by atoms with Crippen LogP contribution in [-0.4, -0.2) is 60.0 Å². The molecule has 2 atom stereocenters. The van der Waals surface area contributed by atoms with E-state index < -0.39 is 34.8 Å². The van der Waals surface area contributed by atoms with Crippen LogP contribution >= 0.6 is 0 Å². The van der Waals surface area contributed by atoms with Crippen LogP contribution in [0.1, 0.15) is 19.5 Å². The number of methoxy groups -OCH3 is 1. The van der Waals surface area contributed by atoms with Crippen LogP contribution < -0.4 is 10.9 Å². The van der Waals surface area contributed by atoms with E-state index in [1.807, 2.05) is 0 Å². The number of aromatic nitrogens is 3. The number of ether oxygens (including phenoxy) is 1. The zero-order valence-electron chi connectivity index (χ0n) is 15.5. The Balaban J connectivity index is 0.00000392. The van der Waals surface area contributed by atoms with Gasteiger partial charge in [-0.05, 0) is 18.1 Å². The number of aliphatic carboxylic acids is 2. The second-order valence-corrected chi connectivity index (χ2v) is 6.07. The fourth-order valence-corrected chi connectivity index (χ4v) is 2.66. The molecule has 2 rings (SSSR count). The summed E-state index contributed by atoms with van der Waals surface area (Å²) in [6, 6.07) is 4.82. The summed E-state index contributed by atoms with van der Waals surface area (Å²) < 4.78 is 5.01. The van der Waals surface area contributed by atoms with E-state index in [0.717, 1.165) is 6.20 Å². The van der Waals surface area contributed by atoms with Crippen molar-refractivity contribution in [1.29, 1.82) is 0 Å². The Morgan fingerprint density at radius 3 is 2.18 bits per heavy atom. The number of hydrogen-bond acceptors (Lipinski definition) is 9. The summed E-state index contributed by atoms with van der Waals surface area (Å²) in [7, 11) is 1.17. The predicted molar refractivity (Wildman–Crippen MR) is 95.8 cm³/mol. The van der Waals surface area contributed by atoms with Gasteiger partial charge in [-0.2, -0.15) is 0 Å². The highest BCUT2D eigenvalue weighted by Crippen LogP contribution is 2.42. The summed E-state index contributed by atoms with van der Waals surface area (Å²) >= 11 is 0. The van der Waals surface area contributed by atoms with Crippen LogP contribution in [0, 0.1) is 5.92 Å². The van der Waals surface area contributed by atoms with Crippen LogP contribution in [0.25, 0.3) is 11.5 Å². The van der Waals surface area contributed by atoms with Crippen molar-refractivity contribution < 1.29 is 34.8 Å². The maximum absolute atomic E-state index is 12.0. The van der Waals surface area contributed by atoms with Crippen LogP contribution in [0.3, 0.4) is 0 Å². The molecule has 0 aliphatic carbocycles. The summed E-state index contributed by atoms with van der Waals surface area (Å²) in [4.78, 5) is 35.8. The molecule has 0 radical (unpaired) electrons. The standard InChI is InChI=1S/C17H19N3O7.H3N/c1-9(2)16(25,14(21)22)17(26,15(23)24)12-11(27-3)8-19-13(20-12)10-6-4-5-7-18-10;/h4-9,25-26H,1-3H3,(H,21,22)(H,23,24);1H3. The lowest BCUT2D eigenvalue weighted by molar-refractivity contribution is -0.220. The van der Waals surface area contributed by atoms with Crippen molar-refractivity contribution in [2.75, 3.05) is 7.11 Å². The van der Waals surface area contributed by atoms with E-state index in [0.29, 0.717) is 0 Å². The minimum Gasteiger partial charge on any atom is -0.493 e. The number of carbonyl (C=O) groups is 2. The molecular weight excluding hydrogens is 372 g/mol. The van der Waals surface area contributed by atoms with E-state index in [-0.39, 0.29) is 23.4 Å². The van der Waals surface area contributed by atoms with Gasteiger partial charge in [-0.15, -0.1) is 0 Å². The third-order valence-corrected chi connectivity index (χ3v) is 4.23. The van der Waals surface area contributed by atoms with E-state index in [2.05, 4.69) is 15.0 Å². The molecule has 2 aromatic heterocycles. The molecule has 2 aromatic rings. The van der Waals surface area contributed by atoms with E-state index in [9.17, 15) is 30.0 Å². The fourth-order valence-electron chi connectivity index (χ4n) is 2.66. The Hall–Kier alpha value is -3.15. The highest BCUT2D eigenvalue weighted by Gasteiger charge is 2.65. The number of rotatable bonds is 7. The van der Waals surface area contributed by atoms with Crippen LogP contribution in [0.4, 0.5) is 0 Å². The molecule has 0 aliphatic heterocycles. The van der Waals surface area contributed by atoms with Gasteiger partial charge in [-0.3, -0.25) is 4.98 Å². The molecule has 152 valence electrons. The van der Waals surface area contributed by atoms with Gasteiger partial charge >= 0.3 is 11.9 Å². The highest BCUT2D eigenvalue weighted by molar-refractivity contribution is 5.92. The first-order valence-electron chi connectivity index (χ1n) is 7.85. The van der Waals surface area contributed by atoms with E-state index >= 15 is 0 Å². The van der Waals surface area contributed by atoms with Gasteiger partial charge < -0.3 is 31.3 Å². The minimum absolute atomic E-state index is 0. The van der Waals surface area contributed by atoms with E-state index in [4.69, 9.17) is 4.74 Å². The molecule has 0 bridgehead atoms. The van der Waals surface area contributed by atoms with Gasteiger partial charge in [0.2, 0.25) is 11.2 Å². The predicted octanol–water partition coefficient (Wildman–Crippen LogP) is 0.453. The number of carboxylic acids is 2. The molecule has 7 N–H and O–H groups in total. The fraction of sp³-hybridized carbons (Fsp3) is 0.353. The maximum Gasteiger partial charge on any atom is 0.346 e. The monoisotopic (exact) mass is 394 g/mol. The quantitative estimate of drug-likeness (QED) is 0.437. The zero-order valence-corrected chi connectivity index (χ0v) is 15.5. The molecule has 0 amide bonds. The largest absolute Gasteiger partial charge is 0.493 e. The number of nitrogens with zero attached hydrogens (tertiary/aromatic N) is 3. The molecule has 0 fully saturated rings. The molecule has 0 saturated carbocycles. The van der Waals surface area contributed by atoms with Gasteiger partial charge in [-0.1, -0.05) is 19.9 Å². The topological polar surface area (TPSA) is 198 Å². The molecule has 2 unspecified atom stereocenters. The first-order chi connectivity index (χ1) is 12.6. The molecule has 0 saturated heterocycles. The average molecular weight is 394 g/mol. The first-order valence-corrected chi connectivity index (χ1v) is 7.85. The number of aliphatic hydroxyl groups is 2.